The van der Waals surface area contributed by atoms with E-state index in [4.69, 9.17) is 0 Å². The molecule has 1 N–H and O–H groups in total. The van der Waals surface area contributed by atoms with E-state index >= 15 is 0 Å². The molecule has 1 amide bonds. The smallest absolute Gasteiger partial charge is 0.321 e. The molecule has 0 aliphatic carbocycles. The number of anilines is 1. The fourth-order valence-electron chi connectivity index (χ4n) is 2.94. The quantitative estimate of drug-likeness (QED) is 0.657. The van der Waals surface area contributed by atoms with Gasteiger partial charge in [-0.25, -0.2) is 4.98 Å². The molecule has 4 nitrogen and oxygen atoms in total. The van der Waals surface area contributed by atoms with Crippen molar-refractivity contribution >= 4 is 11.6 Å². The summed E-state index contributed by atoms with van der Waals surface area (Å²) in [5, 5.41) is 2.45. The molecule has 0 aliphatic rings. The van der Waals surface area contributed by atoms with Crippen molar-refractivity contribution in [1.29, 1.82) is 0 Å². The summed E-state index contributed by atoms with van der Waals surface area (Å²) in [6, 6.07) is 2.93. The summed E-state index contributed by atoms with van der Waals surface area (Å²) in [6.45, 7) is 4.90. The van der Waals surface area contributed by atoms with Gasteiger partial charge >= 0.3 is 12.4 Å². The number of alkyl halides is 6. The highest BCUT2D eigenvalue weighted by atomic mass is 19.4. The molecular formula is C19H19F6N3O. The molecule has 2 aromatic rings. The molecule has 1 aromatic heterocycles. The van der Waals surface area contributed by atoms with Crippen molar-refractivity contribution in [3.63, 3.8) is 0 Å². The van der Waals surface area contributed by atoms with Crippen LogP contribution in [0.1, 0.15) is 47.1 Å². The van der Waals surface area contributed by atoms with Gasteiger partial charge in [0.1, 0.15) is 5.69 Å². The number of nitrogens with one attached hydrogen (secondary N) is 1. The van der Waals surface area contributed by atoms with Gasteiger partial charge in [0.05, 0.1) is 5.69 Å². The fraction of sp³-hybridized carbons (Fsp3) is 0.421. The minimum atomic E-state index is -5.49. The summed E-state index contributed by atoms with van der Waals surface area (Å²) in [6.07, 6.45) is -8.33. The molecule has 0 spiro atoms. The lowest BCUT2D eigenvalue weighted by Gasteiger charge is -2.26. The van der Waals surface area contributed by atoms with Crippen LogP contribution >= 0.6 is 0 Å². The van der Waals surface area contributed by atoms with E-state index in [2.05, 4.69) is 15.3 Å². The Kier molecular flexibility index (Phi) is 6.54. The highest BCUT2D eigenvalue weighted by Crippen LogP contribution is 2.47. The summed E-state index contributed by atoms with van der Waals surface area (Å²) in [7, 11) is 0. The van der Waals surface area contributed by atoms with Gasteiger partial charge in [-0.1, -0.05) is 19.9 Å². The normalized spacial score (nSPS) is 12.5. The van der Waals surface area contributed by atoms with E-state index in [9.17, 15) is 31.1 Å². The summed E-state index contributed by atoms with van der Waals surface area (Å²) in [5.74, 6) is -4.47. The first-order valence-electron chi connectivity index (χ1n) is 8.66. The first-order chi connectivity index (χ1) is 13.3. The number of benzene rings is 1. The lowest BCUT2D eigenvalue weighted by atomic mass is 9.88. The third-order valence-electron chi connectivity index (χ3n) is 4.09. The molecule has 1 heterocycles. The molecule has 0 bridgehead atoms. The van der Waals surface area contributed by atoms with Gasteiger partial charge in [-0.15, -0.1) is 0 Å². The number of carbonyl (C=O) groups excluding carboxylic acids is 1. The molecule has 0 saturated carbocycles. The van der Waals surface area contributed by atoms with Crippen molar-refractivity contribution in [1.82, 2.24) is 9.97 Å². The van der Waals surface area contributed by atoms with Gasteiger partial charge in [0.15, 0.2) is 5.92 Å². The molecule has 10 heteroatoms. The lowest BCUT2D eigenvalue weighted by Crippen LogP contribution is -2.35. The molecule has 29 heavy (non-hydrogen) atoms. The third kappa shape index (κ3) is 5.68. The Labute approximate surface area is 163 Å². The van der Waals surface area contributed by atoms with Crippen LogP contribution in [0, 0.1) is 12.8 Å². The number of amides is 1. The van der Waals surface area contributed by atoms with E-state index in [0.29, 0.717) is 5.69 Å². The van der Waals surface area contributed by atoms with E-state index in [1.165, 1.54) is 12.4 Å². The maximum absolute atomic E-state index is 13.2. The number of rotatable bonds is 5. The first kappa shape index (κ1) is 22.6. The Morgan fingerprint density at radius 1 is 1.03 bits per heavy atom. The second-order valence-corrected chi connectivity index (χ2v) is 6.97. The van der Waals surface area contributed by atoms with Crippen LogP contribution in [0.5, 0.6) is 0 Å². The molecular weight excluding hydrogens is 400 g/mol. The minimum absolute atomic E-state index is 0.00504. The average Bonchev–Trinajstić information content (AvgIpc) is 2.54. The van der Waals surface area contributed by atoms with Crippen LogP contribution in [0.4, 0.5) is 32.0 Å². The summed E-state index contributed by atoms with van der Waals surface area (Å²) >= 11 is 0. The summed E-state index contributed by atoms with van der Waals surface area (Å²) < 4.78 is 79.1. The van der Waals surface area contributed by atoms with E-state index in [-0.39, 0.29) is 29.3 Å². The largest absolute Gasteiger partial charge is 0.404 e. The maximum atomic E-state index is 13.2. The molecule has 0 fully saturated rings. The summed E-state index contributed by atoms with van der Waals surface area (Å²) in [5.41, 5.74) is -0.591. The number of aromatic nitrogens is 2. The van der Waals surface area contributed by atoms with E-state index < -0.39 is 29.7 Å². The van der Waals surface area contributed by atoms with E-state index in [1.807, 2.05) is 0 Å². The molecule has 0 saturated heterocycles. The van der Waals surface area contributed by atoms with Gasteiger partial charge in [0, 0.05) is 18.1 Å². The topological polar surface area (TPSA) is 54.9 Å². The third-order valence-corrected chi connectivity index (χ3v) is 4.09. The molecule has 0 atom stereocenters. The summed E-state index contributed by atoms with van der Waals surface area (Å²) in [4.78, 5) is 20.1. The van der Waals surface area contributed by atoms with Crippen molar-refractivity contribution in [2.24, 2.45) is 5.92 Å². The Balaban J connectivity index is 2.46. The fourth-order valence-corrected chi connectivity index (χ4v) is 2.94. The van der Waals surface area contributed by atoms with E-state index in [0.717, 1.165) is 18.2 Å². The van der Waals surface area contributed by atoms with Crippen LogP contribution in [-0.2, 0) is 6.42 Å². The second kappa shape index (κ2) is 8.38. The Bertz CT molecular complexity index is 863. The number of hydrogen-bond acceptors (Lipinski definition) is 3. The standard InChI is InChI=1S/C19H19F6N3O/c1-10(2)8-12-9-13(28-17(29)15-11(3)26-6-7-27-15)4-5-14(12)16(18(20,21)22)19(23,24)25/h4-7,9-10,16H,8H2,1-3H3,(H,28,29). The SMILES string of the molecule is Cc1nccnc1C(=O)Nc1ccc(C(C(F)(F)F)C(F)(F)F)c(CC(C)C)c1. The molecule has 158 valence electrons. The predicted molar refractivity (Wildman–Crippen MR) is 94.6 cm³/mol. The maximum Gasteiger partial charge on any atom is 0.404 e. The zero-order chi connectivity index (χ0) is 22.0. The van der Waals surface area contributed by atoms with Crippen LogP contribution < -0.4 is 5.32 Å². The zero-order valence-electron chi connectivity index (χ0n) is 15.8. The van der Waals surface area contributed by atoms with Gasteiger partial charge < -0.3 is 5.32 Å². The minimum Gasteiger partial charge on any atom is -0.321 e. The zero-order valence-corrected chi connectivity index (χ0v) is 15.8. The van der Waals surface area contributed by atoms with Crippen LogP contribution in [-0.4, -0.2) is 28.2 Å². The Morgan fingerprint density at radius 3 is 2.14 bits per heavy atom. The van der Waals surface area contributed by atoms with Crippen molar-refractivity contribution < 1.29 is 31.1 Å². The van der Waals surface area contributed by atoms with Gasteiger partial charge in [0.2, 0.25) is 0 Å². The van der Waals surface area contributed by atoms with Crippen LogP contribution in [0.3, 0.4) is 0 Å². The number of hydrogen-bond donors (Lipinski definition) is 1. The molecule has 2 rings (SSSR count). The van der Waals surface area contributed by atoms with Crippen LogP contribution in [0.2, 0.25) is 0 Å². The second-order valence-electron chi connectivity index (χ2n) is 6.97. The van der Waals surface area contributed by atoms with Crippen molar-refractivity contribution in [2.75, 3.05) is 5.32 Å². The monoisotopic (exact) mass is 419 g/mol. The molecule has 0 aliphatic heterocycles. The first-order valence-corrected chi connectivity index (χ1v) is 8.66. The van der Waals surface area contributed by atoms with Crippen molar-refractivity contribution in [2.45, 2.75) is 45.5 Å². The van der Waals surface area contributed by atoms with Crippen molar-refractivity contribution in [3.8, 4) is 0 Å². The molecule has 0 unspecified atom stereocenters. The highest BCUT2D eigenvalue weighted by Gasteiger charge is 2.58. The van der Waals surface area contributed by atoms with Crippen LogP contribution in [0.15, 0.2) is 30.6 Å². The number of carbonyl (C=O) groups is 1. The number of aryl methyl sites for hydroxylation is 1. The number of halogens is 6. The van der Waals surface area contributed by atoms with E-state index in [1.54, 1.807) is 20.8 Å². The van der Waals surface area contributed by atoms with Gasteiger partial charge in [-0.05, 0) is 42.5 Å². The molecule has 0 radical (unpaired) electrons. The number of nitrogens with zero attached hydrogens (tertiary/aromatic N) is 2. The van der Waals surface area contributed by atoms with Gasteiger partial charge in [0.25, 0.3) is 5.91 Å². The Morgan fingerprint density at radius 2 is 1.62 bits per heavy atom. The van der Waals surface area contributed by atoms with Gasteiger partial charge in [-0.2, -0.15) is 26.3 Å². The predicted octanol–water partition coefficient (Wildman–Crippen LogP) is 5.44. The Hall–Kier alpha value is -2.65. The van der Waals surface area contributed by atoms with Crippen molar-refractivity contribution in [3.05, 3.63) is 53.1 Å². The molecule has 1 aromatic carbocycles. The highest BCUT2D eigenvalue weighted by molar-refractivity contribution is 6.03. The van der Waals surface area contributed by atoms with Crippen LogP contribution in [0.25, 0.3) is 0 Å². The lowest BCUT2D eigenvalue weighted by molar-refractivity contribution is -0.253. The van der Waals surface area contributed by atoms with Gasteiger partial charge in [-0.3, -0.25) is 9.78 Å². The average molecular weight is 419 g/mol.